The molecule has 0 bridgehead atoms. The van der Waals surface area contributed by atoms with Crippen LogP contribution in [0.5, 0.6) is 0 Å². The number of carbonyl (C=O) groups excluding carboxylic acids is 1. The first kappa shape index (κ1) is 14.2. The largest absolute Gasteiger partial charge is 0.481 e. The van der Waals surface area contributed by atoms with Crippen molar-refractivity contribution in [1.29, 1.82) is 0 Å². The molecule has 1 amide bonds. The normalized spacial score (nSPS) is 11.9. The van der Waals surface area contributed by atoms with Gasteiger partial charge in [-0.05, 0) is 25.8 Å². The molecule has 18 heavy (non-hydrogen) atoms. The van der Waals surface area contributed by atoms with Gasteiger partial charge in [-0.25, -0.2) is 0 Å². The molecule has 0 saturated heterocycles. The number of aliphatic carboxylic acids is 1. The van der Waals surface area contributed by atoms with E-state index in [0.717, 1.165) is 5.56 Å². The minimum absolute atomic E-state index is 0.0341. The zero-order valence-corrected chi connectivity index (χ0v) is 10.8. The van der Waals surface area contributed by atoms with E-state index in [1.807, 2.05) is 38.1 Å². The van der Waals surface area contributed by atoms with E-state index in [1.54, 1.807) is 0 Å². The van der Waals surface area contributed by atoms with Crippen LogP contribution in [0.1, 0.15) is 43.4 Å². The fourth-order valence-corrected chi connectivity index (χ4v) is 1.65. The maximum atomic E-state index is 11.6. The fourth-order valence-electron chi connectivity index (χ4n) is 1.65. The molecule has 4 heteroatoms. The first-order chi connectivity index (χ1) is 8.49. The zero-order valence-electron chi connectivity index (χ0n) is 10.8. The molecule has 4 nitrogen and oxygen atoms in total. The van der Waals surface area contributed by atoms with Crippen LogP contribution in [0.25, 0.3) is 0 Å². The third-order valence-electron chi connectivity index (χ3n) is 2.75. The molecular formula is C14H19NO3. The molecule has 1 unspecified atom stereocenters. The topological polar surface area (TPSA) is 66.4 Å². The summed E-state index contributed by atoms with van der Waals surface area (Å²) >= 11 is 0. The molecule has 0 heterocycles. The molecule has 0 aromatic heterocycles. The van der Waals surface area contributed by atoms with Crippen molar-refractivity contribution >= 4 is 11.9 Å². The van der Waals surface area contributed by atoms with Gasteiger partial charge in [0.2, 0.25) is 5.91 Å². The monoisotopic (exact) mass is 249 g/mol. The molecule has 0 aliphatic carbocycles. The Morgan fingerprint density at radius 3 is 2.39 bits per heavy atom. The summed E-state index contributed by atoms with van der Waals surface area (Å²) in [6.45, 7) is 3.93. The summed E-state index contributed by atoms with van der Waals surface area (Å²) in [5.74, 6) is -0.973. The fraction of sp³-hybridized carbons (Fsp3) is 0.429. The average molecular weight is 249 g/mol. The lowest BCUT2D eigenvalue weighted by atomic mass is 10.1. The van der Waals surface area contributed by atoms with Crippen molar-refractivity contribution in [2.75, 3.05) is 0 Å². The second-order valence-electron chi connectivity index (χ2n) is 4.45. The van der Waals surface area contributed by atoms with Gasteiger partial charge in [-0.3, -0.25) is 9.59 Å². The Labute approximate surface area is 107 Å². The van der Waals surface area contributed by atoms with Crippen LogP contribution in [0, 0.1) is 6.92 Å². The predicted molar refractivity (Wildman–Crippen MR) is 69.2 cm³/mol. The Morgan fingerprint density at radius 2 is 1.83 bits per heavy atom. The van der Waals surface area contributed by atoms with Gasteiger partial charge in [0.05, 0.1) is 6.04 Å². The smallest absolute Gasteiger partial charge is 0.303 e. The minimum atomic E-state index is -0.866. The number of carbonyl (C=O) groups is 2. The molecule has 2 N–H and O–H groups in total. The molecule has 0 radical (unpaired) electrons. The number of rotatable bonds is 6. The molecule has 0 fully saturated rings. The predicted octanol–water partition coefficient (Wildman–Crippen LogP) is 2.43. The van der Waals surface area contributed by atoms with Gasteiger partial charge >= 0.3 is 5.97 Å². The van der Waals surface area contributed by atoms with Crippen LogP contribution < -0.4 is 5.32 Å². The summed E-state index contributed by atoms with van der Waals surface area (Å²) in [6, 6.07) is 7.92. The number of aryl methyl sites for hydroxylation is 1. The molecule has 1 aromatic rings. The van der Waals surface area contributed by atoms with E-state index in [1.165, 1.54) is 5.56 Å². The molecule has 0 aliphatic rings. The average Bonchev–Trinajstić information content (AvgIpc) is 2.29. The highest BCUT2D eigenvalue weighted by molar-refractivity contribution is 5.77. The second-order valence-corrected chi connectivity index (χ2v) is 4.45. The van der Waals surface area contributed by atoms with E-state index in [0.29, 0.717) is 6.42 Å². The second kappa shape index (κ2) is 6.79. The summed E-state index contributed by atoms with van der Waals surface area (Å²) < 4.78 is 0. The van der Waals surface area contributed by atoms with Crippen LogP contribution in [0.15, 0.2) is 24.3 Å². The Hall–Kier alpha value is -1.84. The van der Waals surface area contributed by atoms with Crippen molar-refractivity contribution in [3.63, 3.8) is 0 Å². The van der Waals surface area contributed by atoms with Crippen LogP contribution in [0.4, 0.5) is 0 Å². The van der Waals surface area contributed by atoms with Crippen molar-refractivity contribution in [2.45, 2.75) is 39.2 Å². The first-order valence-corrected chi connectivity index (χ1v) is 6.07. The standard InChI is InChI=1S/C14H19NO3/c1-10-6-8-12(9-7-10)11(2)15-13(16)4-3-5-14(17)18/h6-9,11H,3-5H2,1-2H3,(H,15,16)(H,17,18). The van der Waals surface area contributed by atoms with Crippen molar-refractivity contribution in [3.8, 4) is 0 Å². The molecule has 0 spiro atoms. The van der Waals surface area contributed by atoms with Gasteiger partial charge in [-0.15, -0.1) is 0 Å². The lowest BCUT2D eigenvalue weighted by Gasteiger charge is -2.14. The summed E-state index contributed by atoms with van der Waals surface area (Å²) in [7, 11) is 0. The molecule has 98 valence electrons. The molecule has 1 aromatic carbocycles. The van der Waals surface area contributed by atoms with E-state index < -0.39 is 5.97 Å². The number of hydrogen-bond donors (Lipinski definition) is 2. The van der Waals surface area contributed by atoms with E-state index in [9.17, 15) is 9.59 Å². The van der Waals surface area contributed by atoms with Crippen molar-refractivity contribution < 1.29 is 14.7 Å². The van der Waals surface area contributed by atoms with Gasteiger partial charge in [0.1, 0.15) is 0 Å². The Morgan fingerprint density at radius 1 is 1.22 bits per heavy atom. The quantitative estimate of drug-likeness (QED) is 0.813. The van der Waals surface area contributed by atoms with Crippen molar-refractivity contribution in [3.05, 3.63) is 35.4 Å². The van der Waals surface area contributed by atoms with E-state index in [2.05, 4.69) is 5.32 Å². The van der Waals surface area contributed by atoms with Crippen LogP contribution >= 0.6 is 0 Å². The molecular weight excluding hydrogens is 230 g/mol. The molecule has 0 saturated carbocycles. The number of hydrogen-bond acceptors (Lipinski definition) is 2. The van der Waals surface area contributed by atoms with E-state index in [-0.39, 0.29) is 24.8 Å². The third-order valence-corrected chi connectivity index (χ3v) is 2.75. The summed E-state index contributed by atoms with van der Waals surface area (Å²) in [5.41, 5.74) is 2.23. The van der Waals surface area contributed by atoms with Gasteiger partial charge in [-0.2, -0.15) is 0 Å². The number of nitrogens with one attached hydrogen (secondary N) is 1. The maximum absolute atomic E-state index is 11.6. The highest BCUT2D eigenvalue weighted by atomic mass is 16.4. The highest BCUT2D eigenvalue weighted by Gasteiger charge is 2.09. The SMILES string of the molecule is Cc1ccc(C(C)NC(=O)CCCC(=O)O)cc1. The summed E-state index contributed by atoms with van der Waals surface area (Å²) in [4.78, 5) is 21.9. The van der Waals surface area contributed by atoms with Crippen LogP contribution in [0.3, 0.4) is 0 Å². The Bertz CT molecular complexity index is 412. The van der Waals surface area contributed by atoms with E-state index in [4.69, 9.17) is 5.11 Å². The van der Waals surface area contributed by atoms with Gasteiger partial charge in [0, 0.05) is 12.8 Å². The van der Waals surface area contributed by atoms with Crippen molar-refractivity contribution in [1.82, 2.24) is 5.32 Å². The summed E-state index contributed by atoms with van der Waals surface area (Å²) in [5, 5.41) is 11.3. The van der Waals surface area contributed by atoms with Gasteiger partial charge in [-0.1, -0.05) is 29.8 Å². The van der Waals surface area contributed by atoms with Crippen molar-refractivity contribution in [2.24, 2.45) is 0 Å². The van der Waals surface area contributed by atoms with Crippen LogP contribution in [-0.2, 0) is 9.59 Å². The third kappa shape index (κ3) is 4.99. The minimum Gasteiger partial charge on any atom is -0.481 e. The number of carboxylic acids is 1. The summed E-state index contributed by atoms with van der Waals surface area (Å²) in [6.07, 6.45) is 0.663. The van der Waals surface area contributed by atoms with Crippen LogP contribution in [-0.4, -0.2) is 17.0 Å². The Balaban J connectivity index is 2.39. The van der Waals surface area contributed by atoms with E-state index >= 15 is 0 Å². The first-order valence-electron chi connectivity index (χ1n) is 6.07. The number of benzene rings is 1. The van der Waals surface area contributed by atoms with Gasteiger partial charge in [0.25, 0.3) is 0 Å². The zero-order chi connectivity index (χ0) is 13.5. The van der Waals surface area contributed by atoms with Crippen LogP contribution in [0.2, 0.25) is 0 Å². The number of amides is 1. The number of carboxylic acid groups (broad SMARTS) is 1. The maximum Gasteiger partial charge on any atom is 0.303 e. The highest BCUT2D eigenvalue weighted by Crippen LogP contribution is 2.13. The Kier molecular flexibility index (Phi) is 5.36. The van der Waals surface area contributed by atoms with Gasteiger partial charge < -0.3 is 10.4 Å². The lowest BCUT2D eigenvalue weighted by Crippen LogP contribution is -2.26. The molecule has 1 atom stereocenters. The van der Waals surface area contributed by atoms with Gasteiger partial charge in [0.15, 0.2) is 0 Å². The molecule has 0 aliphatic heterocycles. The lowest BCUT2D eigenvalue weighted by molar-refractivity contribution is -0.137. The molecule has 1 rings (SSSR count).